The Balaban J connectivity index is 2.35. The first-order valence-corrected chi connectivity index (χ1v) is 4.68. The Kier molecular flexibility index (Phi) is 2.90. The summed E-state index contributed by atoms with van der Waals surface area (Å²) in [7, 11) is 0. The minimum atomic E-state index is -2.49. The topological polar surface area (TPSA) is 12.9 Å². The van der Waals surface area contributed by atoms with Gasteiger partial charge in [0.15, 0.2) is 0 Å². The quantitative estimate of drug-likeness (QED) is 0.705. The van der Waals surface area contributed by atoms with Crippen molar-refractivity contribution in [1.82, 2.24) is 4.98 Å². The molecular weight excluding hydrogens is 215 g/mol. The smallest absolute Gasteiger partial charge is 0.220 e. The van der Waals surface area contributed by atoms with Crippen molar-refractivity contribution < 1.29 is 13.2 Å². The fourth-order valence-corrected chi connectivity index (χ4v) is 1.37. The first kappa shape index (κ1) is 10.7. The molecule has 0 N–H and O–H groups in total. The van der Waals surface area contributed by atoms with Crippen molar-refractivity contribution in [3.05, 3.63) is 54.0 Å². The van der Waals surface area contributed by atoms with Gasteiger partial charge in [-0.1, -0.05) is 30.3 Å². The lowest BCUT2D eigenvalue weighted by Crippen LogP contribution is -1.88. The molecule has 0 aliphatic carbocycles. The second kappa shape index (κ2) is 4.35. The molecule has 2 aromatic rings. The van der Waals surface area contributed by atoms with Gasteiger partial charge < -0.3 is 0 Å². The summed E-state index contributed by atoms with van der Waals surface area (Å²) in [4.78, 5) is 3.66. The molecule has 4 heteroatoms. The van der Waals surface area contributed by atoms with Gasteiger partial charge in [-0.25, -0.2) is 13.8 Å². The van der Waals surface area contributed by atoms with Crippen LogP contribution in [-0.4, -0.2) is 4.98 Å². The highest BCUT2D eigenvalue weighted by Gasteiger charge is 2.07. The van der Waals surface area contributed by atoms with E-state index in [1.165, 1.54) is 36.4 Å². The van der Waals surface area contributed by atoms with Crippen LogP contribution in [0, 0.1) is 5.95 Å². The molecule has 0 atom stereocenters. The molecule has 82 valence electrons. The number of benzene rings is 1. The van der Waals surface area contributed by atoms with Crippen LogP contribution in [0.3, 0.4) is 0 Å². The summed E-state index contributed by atoms with van der Waals surface area (Å²) in [5.74, 6) is -0.588. The van der Waals surface area contributed by atoms with Crippen molar-refractivity contribution >= 4 is 0 Å². The van der Waals surface area contributed by atoms with Crippen molar-refractivity contribution in [2.24, 2.45) is 0 Å². The van der Waals surface area contributed by atoms with Gasteiger partial charge in [0.25, 0.3) is 6.43 Å². The average Bonchev–Trinajstić information content (AvgIpc) is 2.29. The van der Waals surface area contributed by atoms with E-state index < -0.39 is 12.4 Å². The van der Waals surface area contributed by atoms with E-state index in [2.05, 4.69) is 4.98 Å². The van der Waals surface area contributed by atoms with Crippen LogP contribution in [0.1, 0.15) is 12.0 Å². The number of aromatic nitrogens is 1. The Bertz CT molecular complexity index is 480. The van der Waals surface area contributed by atoms with Gasteiger partial charge in [0.05, 0.1) is 5.69 Å². The Morgan fingerprint density at radius 2 is 1.62 bits per heavy atom. The molecule has 0 aliphatic rings. The molecule has 0 saturated heterocycles. The number of rotatable bonds is 2. The molecule has 0 saturated carbocycles. The normalized spacial score (nSPS) is 10.8. The average molecular weight is 223 g/mol. The summed E-state index contributed by atoms with van der Waals surface area (Å²) < 4.78 is 37.4. The molecule has 0 spiro atoms. The summed E-state index contributed by atoms with van der Waals surface area (Å²) >= 11 is 0. The van der Waals surface area contributed by atoms with Gasteiger partial charge in [-0.3, -0.25) is 0 Å². The highest BCUT2D eigenvalue weighted by atomic mass is 19.3. The molecule has 1 aromatic heterocycles. The zero-order chi connectivity index (χ0) is 11.5. The molecule has 1 nitrogen and oxygen atoms in total. The maximum atomic E-state index is 12.8. The molecule has 0 bridgehead atoms. The number of hydrogen-bond donors (Lipinski definition) is 0. The van der Waals surface area contributed by atoms with Crippen molar-refractivity contribution in [1.29, 1.82) is 0 Å². The van der Waals surface area contributed by atoms with E-state index in [1.807, 2.05) is 0 Å². The van der Waals surface area contributed by atoms with Crippen LogP contribution in [0.25, 0.3) is 11.3 Å². The molecular formula is C12H8F3N. The standard InChI is InChI=1S/C12H8F3N/c13-11-3-1-2-10(16-11)8-4-6-9(7-5-8)12(14)15/h1-7,12H. The number of halogens is 3. The van der Waals surface area contributed by atoms with Gasteiger partial charge in [0.2, 0.25) is 5.95 Å². The lowest BCUT2D eigenvalue weighted by molar-refractivity contribution is 0.151. The molecule has 0 fully saturated rings. The maximum absolute atomic E-state index is 12.8. The molecule has 0 amide bonds. The van der Waals surface area contributed by atoms with E-state index in [0.717, 1.165) is 0 Å². The van der Waals surface area contributed by atoms with Crippen LogP contribution in [0.5, 0.6) is 0 Å². The lowest BCUT2D eigenvalue weighted by atomic mass is 10.1. The fourth-order valence-electron chi connectivity index (χ4n) is 1.37. The van der Waals surface area contributed by atoms with Crippen molar-refractivity contribution in [2.45, 2.75) is 6.43 Å². The van der Waals surface area contributed by atoms with Gasteiger partial charge in [-0.2, -0.15) is 4.39 Å². The lowest BCUT2D eigenvalue weighted by Gasteiger charge is -2.03. The summed E-state index contributed by atoms with van der Waals surface area (Å²) in [6, 6.07) is 10.0. The Labute approximate surface area is 90.6 Å². The van der Waals surface area contributed by atoms with Gasteiger partial charge in [-0.15, -0.1) is 0 Å². The molecule has 0 aliphatic heterocycles. The van der Waals surface area contributed by atoms with Gasteiger partial charge in [-0.05, 0) is 12.1 Å². The van der Waals surface area contributed by atoms with Crippen LogP contribution in [0.2, 0.25) is 0 Å². The number of pyridine rings is 1. The van der Waals surface area contributed by atoms with Crippen LogP contribution in [0.4, 0.5) is 13.2 Å². The summed E-state index contributed by atoms with van der Waals surface area (Å²) in [5.41, 5.74) is 0.991. The number of alkyl halides is 2. The Hall–Kier alpha value is -1.84. The fraction of sp³-hybridized carbons (Fsp3) is 0.0833. The van der Waals surface area contributed by atoms with E-state index in [4.69, 9.17) is 0 Å². The number of nitrogens with zero attached hydrogens (tertiary/aromatic N) is 1. The van der Waals surface area contributed by atoms with Crippen LogP contribution < -0.4 is 0 Å². The highest BCUT2D eigenvalue weighted by Crippen LogP contribution is 2.23. The zero-order valence-corrected chi connectivity index (χ0v) is 8.20. The maximum Gasteiger partial charge on any atom is 0.263 e. The van der Waals surface area contributed by atoms with Crippen molar-refractivity contribution in [3.8, 4) is 11.3 Å². The van der Waals surface area contributed by atoms with E-state index in [9.17, 15) is 13.2 Å². The van der Waals surface area contributed by atoms with Crippen molar-refractivity contribution in [3.63, 3.8) is 0 Å². The van der Waals surface area contributed by atoms with E-state index in [0.29, 0.717) is 11.3 Å². The first-order valence-electron chi connectivity index (χ1n) is 4.68. The first-order chi connectivity index (χ1) is 7.66. The van der Waals surface area contributed by atoms with Crippen molar-refractivity contribution in [2.75, 3.05) is 0 Å². The third kappa shape index (κ3) is 2.21. The van der Waals surface area contributed by atoms with Crippen LogP contribution in [0.15, 0.2) is 42.5 Å². The predicted molar refractivity (Wildman–Crippen MR) is 54.6 cm³/mol. The SMILES string of the molecule is Fc1cccc(-c2ccc(C(F)F)cc2)n1. The molecule has 1 aromatic carbocycles. The van der Waals surface area contributed by atoms with Gasteiger partial charge in [0, 0.05) is 11.1 Å². The Morgan fingerprint density at radius 1 is 0.938 bits per heavy atom. The minimum absolute atomic E-state index is 0.0554. The van der Waals surface area contributed by atoms with E-state index >= 15 is 0 Å². The third-order valence-corrected chi connectivity index (χ3v) is 2.17. The van der Waals surface area contributed by atoms with Crippen LogP contribution in [-0.2, 0) is 0 Å². The molecule has 16 heavy (non-hydrogen) atoms. The summed E-state index contributed by atoms with van der Waals surface area (Å²) in [6.45, 7) is 0. The second-order valence-corrected chi connectivity index (χ2v) is 3.27. The Morgan fingerprint density at radius 3 is 2.19 bits per heavy atom. The van der Waals surface area contributed by atoms with Gasteiger partial charge in [0.1, 0.15) is 0 Å². The highest BCUT2D eigenvalue weighted by molar-refractivity contribution is 5.59. The van der Waals surface area contributed by atoms with Gasteiger partial charge >= 0.3 is 0 Å². The van der Waals surface area contributed by atoms with Crippen LogP contribution >= 0.6 is 0 Å². The molecule has 1 heterocycles. The third-order valence-electron chi connectivity index (χ3n) is 2.17. The summed E-state index contributed by atoms with van der Waals surface area (Å²) in [5, 5.41) is 0. The predicted octanol–water partition coefficient (Wildman–Crippen LogP) is 3.83. The molecule has 0 unspecified atom stereocenters. The zero-order valence-electron chi connectivity index (χ0n) is 8.20. The molecule has 2 rings (SSSR count). The van der Waals surface area contributed by atoms with E-state index in [-0.39, 0.29) is 5.56 Å². The summed E-state index contributed by atoms with van der Waals surface area (Å²) in [6.07, 6.45) is -2.49. The minimum Gasteiger partial charge on any atom is -0.220 e. The number of hydrogen-bond acceptors (Lipinski definition) is 1. The second-order valence-electron chi connectivity index (χ2n) is 3.27. The largest absolute Gasteiger partial charge is 0.263 e. The van der Waals surface area contributed by atoms with E-state index in [1.54, 1.807) is 6.07 Å². The monoisotopic (exact) mass is 223 g/mol. The molecule has 0 radical (unpaired) electrons.